The zero-order valence-electron chi connectivity index (χ0n) is 10.5. The van der Waals surface area contributed by atoms with E-state index < -0.39 is 10.0 Å². The van der Waals surface area contributed by atoms with Crippen LogP contribution < -0.4 is 4.72 Å². The molecule has 0 aliphatic rings. The third kappa shape index (κ3) is 2.94. The number of nitrogens with one attached hydrogen (secondary N) is 1. The van der Waals surface area contributed by atoms with Crippen molar-refractivity contribution in [2.75, 3.05) is 4.72 Å². The molecule has 2 heterocycles. The molecule has 0 aliphatic carbocycles. The second kappa shape index (κ2) is 5.28. The number of aliphatic hydroxyl groups is 1. The molecule has 0 aromatic carbocycles. The minimum atomic E-state index is -3.70. The van der Waals surface area contributed by atoms with Crippen LogP contribution >= 0.6 is 11.3 Å². The summed E-state index contributed by atoms with van der Waals surface area (Å²) in [7, 11) is -3.70. The third-order valence-electron chi connectivity index (χ3n) is 2.53. The van der Waals surface area contributed by atoms with E-state index in [2.05, 4.69) is 9.71 Å². The Labute approximate surface area is 116 Å². The summed E-state index contributed by atoms with van der Waals surface area (Å²) in [6.07, 6.45) is 3.09. The molecule has 5 nitrogen and oxygen atoms in total. The van der Waals surface area contributed by atoms with Gasteiger partial charge >= 0.3 is 0 Å². The Morgan fingerprint density at radius 1 is 1.37 bits per heavy atom. The molecule has 102 valence electrons. The summed E-state index contributed by atoms with van der Waals surface area (Å²) in [5.41, 5.74) is 1.90. The van der Waals surface area contributed by atoms with E-state index in [0.717, 1.165) is 5.56 Å². The fourth-order valence-electron chi connectivity index (χ4n) is 1.77. The monoisotopic (exact) mass is 298 g/mol. The molecule has 0 aliphatic heterocycles. The van der Waals surface area contributed by atoms with Gasteiger partial charge in [-0.1, -0.05) is 0 Å². The van der Waals surface area contributed by atoms with E-state index in [0.29, 0.717) is 16.1 Å². The van der Waals surface area contributed by atoms with Gasteiger partial charge in [0.2, 0.25) is 0 Å². The van der Waals surface area contributed by atoms with Gasteiger partial charge in [-0.15, -0.1) is 11.3 Å². The molecule has 2 aromatic rings. The van der Waals surface area contributed by atoms with Gasteiger partial charge in [-0.25, -0.2) is 8.42 Å². The first-order chi connectivity index (χ1) is 8.94. The Morgan fingerprint density at radius 2 is 2.11 bits per heavy atom. The normalized spacial score (nSPS) is 11.5. The summed E-state index contributed by atoms with van der Waals surface area (Å²) < 4.78 is 27.1. The molecule has 0 unspecified atom stereocenters. The molecule has 2 rings (SSSR count). The largest absolute Gasteiger partial charge is 0.391 e. The van der Waals surface area contributed by atoms with Crippen LogP contribution in [-0.2, 0) is 16.6 Å². The molecular formula is C12H14N2O3S2. The van der Waals surface area contributed by atoms with Crippen LogP contribution in [0, 0.1) is 13.8 Å². The van der Waals surface area contributed by atoms with Crippen LogP contribution in [0.3, 0.4) is 0 Å². The summed E-state index contributed by atoms with van der Waals surface area (Å²) in [6.45, 7) is 3.25. The first-order valence-corrected chi connectivity index (χ1v) is 7.92. The lowest BCUT2D eigenvalue weighted by Crippen LogP contribution is -2.15. The lowest BCUT2D eigenvalue weighted by Gasteiger charge is -2.09. The van der Waals surface area contributed by atoms with Crippen LogP contribution in [0.25, 0.3) is 0 Å². The number of sulfonamides is 1. The van der Waals surface area contributed by atoms with Gasteiger partial charge in [0.1, 0.15) is 4.90 Å². The van der Waals surface area contributed by atoms with Crippen molar-refractivity contribution in [1.29, 1.82) is 0 Å². The highest BCUT2D eigenvalue weighted by atomic mass is 32.2. The van der Waals surface area contributed by atoms with E-state index in [1.807, 2.05) is 6.92 Å². The number of anilines is 1. The van der Waals surface area contributed by atoms with Crippen LogP contribution in [-0.4, -0.2) is 18.5 Å². The quantitative estimate of drug-likeness (QED) is 0.905. The van der Waals surface area contributed by atoms with Gasteiger partial charge in [-0.05, 0) is 36.4 Å². The molecule has 0 saturated heterocycles. The number of hydrogen-bond donors (Lipinski definition) is 2. The maximum Gasteiger partial charge on any atom is 0.263 e. The fourth-order valence-corrected chi connectivity index (χ4v) is 4.47. The molecule has 0 atom stereocenters. The van der Waals surface area contributed by atoms with Crippen LogP contribution in [0.1, 0.15) is 16.0 Å². The van der Waals surface area contributed by atoms with Crippen molar-refractivity contribution in [2.24, 2.45) is 0 Å². The van der Waals surface area contributed by atoms with Crippen molar-refractivity contribution in [3.05, 3.63) is 39.8 Å². The standard InChI is InChI=1S/C12H14N2O3S2/c1-8-3-10(5-13-4-8)14-19(16,17)12-9(2)7-18-11(12)6-15/h3-5,7,14-15H,6H2,1-2H3. The summed E-state index contributed by atoms with van der Waals surface area (Å²) in [6, 6.07) is 1.70. The van der Waals surface area contributed by atoms with Crippen molar-refractivity contribution < 1.29 is 13.5 Å². The van der Waals surface area contributed by atoms with Crippen molar-refractivity contribution >= 4 is 27.0 Å². The van der Waals surface area contributed by atoms with Crippen LogP contribution in [0.2, 0.25) is 0 Å². The highest BCUT2D eigenvalue weighted by Crippen LogP contribution is 2.28. The van der Waals surface area contributed by atoms with E-state index in [4.69, 9.17) is 0 Å². The Balaban J connectivity index is 2.40. The minimum Gasteiger partial charge on any atom is -0.391 e. The number of hydrogen-bond acceptors (Lipinski definition) is 5. The van der Waals surface area contributed by atoms with E-state index in [-0.39, 0.29) is 11.5 Å². The Bertz CT molecular complexity index is 693. The first-order valence-electron chi connectivity index (χ1n) is 5.56. The van der Waals surface area contributed by atoms with E-state index in [1.54, 1.807) is 24.6 Å². The number of aliphatic hydroxyl groups excluding tert-OH is 1. The zero-order chi connectivity index (χ0) is 14.0. The lowest BCUT2D eigenvalue weighted by atomic mass is 10.3. The summed E-state index contributed by atoms with van der Waals surface area (Å²) in [5.74, 6) is 0. The number of rotatable bonds is 4. The molecular weight excluding hydrogens is 284 g/mol. The summed E-state index contributed by atoms with van der Waals surface area (Å²) >= 11 is 1.23. The molecule has 0 bridgehead atoms. The van der Waals surface area contributed by atoms with Crippen LogP contribution in [0.5, 0.6) is 0 Å². The van der Waals surface area contributed by atoms with Gasteiger partial charge in [0.15, 0.2) is 0 Å². The van der Waals surface area contributed by atoms with Crippen LogP contribution in [0.15, 0.2) is 28.7 Å². The number of thiophene rings is 1. The van der Waals surface area contributed by atoms with E-state index in [9.17, 15) is 13.5 Å². The predicted octanol–water partition coefficient (Wildman–Crippen LogP) is 2.05. The Kier molecular flexibility index (Phi) is 3.88. The maximum atomic E-state index is 12.3. The lowest BCUT2D eigenvalue weighted by molar-refractivity contribution is 0.282. The summed E-state index contributed by atoms with van der Waals surface area (Å²) in [4.78, 5) is 4.53. The number of nitrogens with zero attached hydrogens (tertiary/aromatic N) is 1. The Morgan fingerprint density at radius 3 is 2.74 bits per heavy atom. The highest BCUT2D eigenvalue weighted by Gasteiger charge is 2.22. The number of aromatic nitrogens is 1. The smallest absolute Gasteiger partial charge is 0.263 e. The van der Waals surface area contributed by atoms with Gasteiger partial charge in [-0.2, -0.15) is 0 Å². The molecule has 2 aromatic heterocycles. The van der Waals surface area contributed by atoms with Crippen molar-refractivity contribution in [3.8, 4) is 0 Å². The number of pyridine rings is 1. The topological polar surface area (TPSA) is 79.3 Å². The zero-order valence-corrected chi connectivity index (χ0v) is 12.2. The first kappa shape index (κ1) is 14.0. The summed E-state index contributed by atoms with van der Waals surface area (Å²) in [5, 5.41) is 10.9. The fraction of sp³-hybridized carbons (Fsp3) is 0.250. The molecule has 0 fully saturated rings. The molecule has 0 radical (unpaired) electrons. The van der Waals surface area contributed by atoms with Crippen molar-refractivity contribution in [3.63, 3.8) is 0 Å². The second-order valence-corrected chi connectivity index (χ2v) is 6.77. The van der Waals surface area contributed by atoms with Gasteiger partial charge in [-0.3, -0.25) is 9.71 Å². The minimum absolute atomic E-state index is 0.154. The molecule has 0 saturated carbocycles. The van der Waals surface area contributed by atoms with E-state index in [1.165, 1.54) is 17.5 Å². The average molecular weight is 298 g/mol. The third-order valence-corrected chi connectivity index (χ3v) is 5.36. The number of aryl methyl sites for hydroxylation is 2. The highest BCUT2D eigenvalue weighted by molar-refractivity contribution is 7.93. The van der Waals surface area contributed by atoms with Gasteiger partial charge in [0, 0.05) is 6.20 Å². The van der Waals surface area contributed by atoms with Crippen molar-refractivity contribution in [1.82, 2.24) is 4.98 Å². The Hall–Kier alpha value is -1.44. The second-order valence-electron chi connectivity index (χ2n) is 4.19. The van der Waals surface area contributed by atoms with Gasteiger partial charge in [0.25, 0.3) is 10.0 Å². The molecule has 0 amide bonds. The maximum absolute atomic E-state index is 12.3. The predicted molar refractivity (Wildman–Crippen MR) is 74.8 cm³/mol. The van der Waals surface area contributed by atoms with Crippen molar-refractivity contribution in [2.45, 2.75) is 25.3 Å². The van der Waals surface area contributed by atoms with Gasteiger partial charge < -0.3 is 5.11 Å². The molecule has 2 N–H and O–H groups in total. The van der Waals surface area contributed by atoms with E-state index >= 15 is 0 Å². The average Bonchev–Trinajstić information content (AvgIpc) is 2.70. The van der Waals surface area contributed by atoms with Gasteiger partial charge in [0.05, 0.1) is 23.4 Å². The molecule has 7 heteroatoms. The van der Waals surface area contributed by atoms with Crippen LogP contribution in [0.4, 0.5) is 5.69 Å². The molecule has 19 heavy (non-hydrogen) atoms. The SMILES string of the molecule is Cc1cncc(NS(=O)(=O)c2c(C)csc2CO)c1. The molecule has 0 spiro atoms.